The van der Waals surface area contributed by atoms with Gasteiger partial charge in [0.15, 0.2) is 0 Å². The minimum Gasteiger partial charge on any atom is -0.384 e. The predicted octanol–water partition coefficient (Wildman–Crippen LogP) is 6.26. The fraction of sp³-hybridized carbons (Fsp3) is 0.292. The third-order valence-corrected chi connectivity index (χ3v) is 5.42. The molecule has 1 heterocycles. The van der Waals surface area contributed by atoms with Gasteiger partial charge in [0.1, 0.15) is 5.60 Å². The Bertz CT molecular complexity index is 1060. The topological polar surface area (TPSA) is 57.8 Å². The Balaban J connectivity index is 2.60. The molecule has 0 saturated heterocycles. The van der Waals surface area contributed by atoms with Gasteiger partial charge in [-0.25, -0.2) is 4.98 Å². The highest BCUT2D eigenvalue weighted by Crippen LogP contribution is 2.30. The summed E-state index contributed by atoms with van der Waals surface area (Å²) in [7, 11) is 0. The lowest BCUT2D eigenvalue weighted by atomic mass is 10.0. The number of fused-ring (bicyclic) bond motifs is 1. The van der Waals surface area contributed by atoms with Crippen LogP contribution in [0.1, 0.15) is 50.8 Å². The fourth-order valence-corrected chi connectivity index (χ4v) is 3.70. The minimum absolute atomic E-state index is 0.408. The molecule has 1 N–H and O–H groups in total. The average molecular weight is 408 g/mol. The number of aryl methyl sites for hydroxylation is 1. The zero-order chi connectivity index (χ0) is 21.8. The predicted molar refractivity (Wildman–Crippen MR) is 128 cm³/mol. The fourth-order valence-electron chi connectivity index (χ4n) is 2.73. The molecule has 0 unspecified atom stereocenters. The molecule has 0 atom stereocenters. The SMILES string of the molecule is C=C/C=C(/C)N=C(C)c1cc(/C(C=NC(=C)C(C)(C)O)=C/C)cc2nc(C)sc12. The summed E-state index contributed by atoms with van der Waals surface area (Å²) in [5, 5.41) is 11.1. The average Bonchev–Trinajstić information content (AvgIpc) is 3.00. The zero-order valence-corrected chi connectivity index (χ0v) is 18.9. The highest BCUT2D eigenvalue weighted by Gasteiger charge is 2.17. The summed E-state index contributed by atoms with van der Waals surface area (Å²) >= 11 is 1.67. The molecule has 0 bridgehead atoms. The van der Waals surface area contributed by atoms with Gasteiger partial charge >= 0.3 is 0 Å². The molecule has 0 radical (unpaired) electrons. The molecule has 5 heteroatoms. The van der Waals surface area contributed by atoms with E-state index in [-0.39, 0.29) is 0 Å². The highest BCUT2D eigenvalue weighted by atomic mass is 32.1. The van der Waals surface area contributed by atoms with Crippen molar-refractivity contribution in [3.8, 4) is 0 Å². The smallest absolute Gasteiger partial charge is 0.100 e. The first-order chi connectivity index (χ1) is 13.6. The first kappa shape index (κ1) is 22.7. The van der Waals surface area contributed by atoms with Gasteiger partial charge in [0.05, 0.1) is 20.9 Å². The lowest BCUT2D eigenvalue weighted by Crippen LogP contribution is -2.19. The molecule has 2 aromatic rings. The number of aliphatic hydroxyl groups is 1. The van der Waals surface area contributed by atoms with Crippen LogP contribution in [0.5, 0.6) is 0 Å². The Hall–Kier alpha value is -2.63. The molecular formula is C24H29N3OS. The maximum atomic E-state index is 10.1. The number of allylic oxidation sites excluding steroid dienone is 5. The van der Waals surface area contributed by atoms with Crippen molar-refractivity contribution in [3.05, 3.63) is 71.0 Å². The number of aliphatic imine (C=N–C) groups is 2. The molecule has 0 aliphatic heterocycles. The van der Waals surface area contributed by atoms with Crippen LogP contribution in [0.15, 0.2) is 64.9 Å². The van der Waals surface area contributed by atoms with Gasteiger partial charge in [-0.05, 0) is 70.9 Å². The Kier molecular flexibility index (Phi) is 7.22. The second-order valence-electron chi connectivity index (χ2n) is 7.35. The lowest BCUT2D eigenvalue weighted by molar-refractivity contribution is 0.119. The zero-order valence-electron chi connectivity index (χ0n) is 18.1. The second kappa shape index (κ2) is 9.25. The van der Waals surface area contributed by atoms with Crippen molar-refractivity contribution in [1.29, 1.82) is 0 Å². The Labute approximate surface area is 177 Å². The first-order valence-corrected chi connectivity index (χ1v) is 10.3. The van der Waals surface area contributed by atoms with E-state index in [1.54, 1.807) is 37.5 Å². The Morgan fingerprint density at radius 1 is 1.28 bits per heavy atom. The van der Waals surface area contributed by atoms with Gasteiger partial charge in [0, 0.05) is 23.2 Å². The van der Waals surface area contributed by atoms with Crippen molar-refractivity contribution < 1.29 is 5.11 Å². The van der Waals surface area contributed by atoms with Gasteiger partial charge in [-0.15, -0.1) is 11.3 Å². The first-order valence-electron chi connectivity index (χ1n) is 9.45. The van der Waals surface area contributed by atoms with Gasteiger partial charge in [-0.1, -0.05) is 25.3 Å². The second-order valence-corrected chi connectivity index (χ2v) is 8.56. The number of rotatable bonds is 7. The monoisotopic (exact) mass is 407 g/mol. The molecule has 0 aliphatic rings. The summed E-state index contributed by atoms with van der Waals surface area (Å²) in [6, 6.07) is 4.18. The largest absolute Gasteiger partial charge is 0.384 e. The molecule has 4 nitrogen and oxygen atoms in total. The van der Waals surface area contributed by atoms with Crippen LogP contribution in [0, 0.1) is 6.92 Å². The molecular weight excluding hydrogens is 378 g/mol. The molecule has 0 fully saturated rings. The molecule has 0 aliphatic carbocycles. The van der Waals surface area contributed by atoms with Crippen molar-refractivity contribution in [2.75, 3.05) is 0 Å². The summed E-state index contributed by atoms with van der Waals surface area (Å²) in [4.78, 5) is 13.8. The van der Waals surface area contributed by atoms with Crippen molar-refractivity contribution in [2.45, 2.75) is 47.1 Å². The molecule has 1 aromatic carbocycles. The Morgan fingerprint density at radius 2 is 1.97 bits per heavy atom. The highest BCUT2D eigenvalue weighted by molar-refractivity contribution is 7.19. The van der Waals surface area contributed by atoms with Crippen LogP contribution >= 0.6 is 11.3 Å². The van der Waals surface area contributed by atoms with E-state index in [0.29, 0.717) is 5.70 Å². The number of hydrogen-bond acceptors (Lipinski definition) is 5. The van der Waals surface area contributed by atoms with Crippen LogP contribution in [0.3, 0.4) is 0 Å². The summed E-state index contributed by atoms with van der Waals surface area (Å²) in [6.45, 7) is 18.9. The molecule has 29 heavy (non-hydrogen) atoms. The van der Waals surface area contributed by atoms with Gasteiger partial charge in [0.2, 0.25) is 0 Å². The quantitative estimate of drug-likeness (QED) is 0.435. The normalized spacial score (nSPS) is 14.1. The van der Waals surface area contributed by atoms with E-state index in [1.807, 2.05) is 39.8 Å². The van der Waals surface area contributed by atoms with Crippen LogP contribution < -0.4 is 0 Å². The minimum atomic E-state index is -1.06. The van der Waals surface area contributed by atoms with Gasteiger partial charge in [-0.2, -0.15) is 0 Å². The summed E-state index contributed by atoms with van der Waals surface area (Å²) in [6.07, 6.45) is 7.34. The van der Waals surface area contributed by atoms with Crippen molar-refractivity contribution in [1.82, 2.24) is 4.98 Å². The van der Waals surface area contributed by atoms with E-state index < -0.39 is 5.60 Å². The van der Waals surface area contributed by atoms with E-state index in [1.165, 1.54) is 0 Å². The number of aromatic nitrogens is 1. The third-order valence-electron chi connectivity index (χ3n) is 4.40. The van der Waals surface area contributed by atoms with Gasteiger partial charge in [-0.3, -0.25) is 9.98 Å². The molecule has 152 valence electrons. The standard InChI is InChI=1S/C24H29N3OS/c1-9-11-15(3)26-16(4)21-12-20(13-22-23(21)29-18(6)27-22)19(10-2)14-25-17(5)24(7,8)28/h9-14,28H,1,5H2,2-4,6-8H3/b15-11-,19-10+,25-14?,26-16?. The summed E-state index contributed by atoms with van der Waals surface area (Å²) in [5.41, 5.74) is 5.07. The van der Waals surface area contributed by atoms with Crippen LogP contribution in [-0.2, 0) is 0 Å². The summed E-state index contributed by atoms with van der Waals surface area (Å²) < 4.78 is 1.12. The third kappa shape index (κ3) is 5.68. The maximum absolute atomic E-state index is 10.1. The van der Waals surface area contributed by atoms with Gasteiger partial charge < -0.3 is 5.11 Å². The molecule has 1 aromatic heterocycles. The molecule has 0 amide bonds. The van der Waals surface area contributed by atoms with Gasteiger partial charge in [0.25, 0.3) is 0 Å². The van der Waals surface area contributed by atoms with Crippen LogP contribution in [0.25, 0.3) is 15.8 Å². The molecule has 0 saturated carbocycles. The Morgan fingerprint density at radius 3 is 2.55 bits per heavy atom. The van der Waals surface area contributed by atoms with Crippen LogP contribution in [0.2, 0.25) is 0 Å². The summed E-state index contributed by atoms with van der Waals surface area (Å²) in [5.74, 6) is 0. The maximum Gasteiger partial charge on any atom is 0.100 e. The van der Waals surface area contributed by atoms with E-state index in [2.05, 4.69) is 35.3 Å². The lowest BCUT2D eigenvalue weighted by Gasteiger charge is -2.16. The van der Waals surface area contributed by atoms with Crippen molar-refractivity contribution >= 4 is 39.1 Å². The number of benzene rings is 1. The van der Waals surface area contributed by atoms with Crippen LogP contribution in [-0.4, -0.2) is 27.6 Å². The van der Waals surface area contributed by atoms with E-state index in [0.717, 1.165) is 43.3 Å². The van der Waals surface area contributed by atoms with Crippen molar-refractivity contribution in [2.24, 2.45) is 9.98 Å². The van der Waals surface area contributed by atoms with Crippen LogP contribution in [0.4, 0.5) is 0 Å². The van der Waals surface area contributed by atoms with E-state index >= 15 is 0 Å². The van der Waals surface area contributed by atoms with E-state index in [4.69, 9.17) is 4.99 Å². The number of nitrogens with zero attached hydrogens (tertiary/aromatic N) is 3. The van der Waals surface area contributed by atoms with E-state index in [9.17, 15) is 5.11 Å². The number of thiazole rings is 1. The molecule has 2 rings (SSSR count). The number of hydrogen-bond donors (Lipinski definition) is 1. The van der Waals surface area contributed by atoms with Crippen molar-refractivity contribution in [3.63, 3.8) is 0 Å². The molecule has 0 spiro atoms.